The lowest BCUT2D eigenvalue weighted by molar-refractivity contribution is 0.0322. The Morgan fingerprint density at radius 1 is 0.952 bits per heavy atom. The lowest BCUT2D eigenvalue weighted by Crippen LogP contribution is -2.38. The lowest BCUT2D eigenvalue weighted by atomic mass is 9.71. The largest absolute Gasteiger partial charge is 0.492 e. The number of aromatic nitrogens is 1. The summed E-state index contributed by atoms with van der Waals surface area (Å²) in [6, 6.07) is 15.0. The van der Waals surface area contributed by atoms with Crippen molar-refractivity contribution in [3.05, 3.63) is 88.4 Å². The molecule has 1 fully saturated rings. The molecule has 0 radical (unpaired) electrons. The molecule has 6 rings (SSSR count). The van der Waals surface area contributed by atoms with E-state index in [2.05, 4.69) is 35.6 Å². The van der Waals surface area contributed by atoms with Crippen LogP contribution in [0.2, 0.25) is 0 Å². The Bertz CT molecular complexity index is 1670. The van der Waals surface area contributed by atoms with Crippen molar-refractivity contribution in [3.63, 3.8) is 0 Å². The van der Waals surface area contributed by atoms with Crippen LogP contribution in [0.5, 0.6) is 11.5 Å². The SMILES string of the molecule is COCCOc1ccnc(C#Cc2ccc3c4c(oc3c2)C(C)(C)c2cc(OCCN3CCOCC3)ccc2C4=O)c1. The Morgan fingerprint density at radius 2 is 1.76 bits per heavy atom. The maximum Gasteiger partial charge on any atom is 0.197 e. The molecule has 0 unspecified atom stereocenters. The number of morpholine rings is 1. The highest BCUT2D eigenvalue weighted by Crippen LogP contribution is 2.46. The van der Waals surface area contributed by atoms with Crippen molar-refractivity contribution in [1.29, 1.82) is 0 Å². The van der Waals surface area contributed by atoms with Gasteiger partial charge in [0.25, 0.3) is 0 Å². The van der Waals surface area contributed by atoms with E-state index < -0.39 is 5.41 Å². The third kappa shape index (κ3) is 5.64. The van der Waals surface area contributed by atoms with Gasteiger partial charge < -0.3 is 23.4 Å². The Kier molecular flexibility index (Phi) is 7.98. The molecular weight excluding hydrogens is 532 g/mol. The van der Waals surface area contributed by atoms with Crippen LogP contribution >= 0.6 is 0 Å². The summed E-state index contributed by atoms with van der Waals surface area (Å²) in [6.45, 7) is 9.92. The zero-order valence-electron chi connectivity index (χ0n) is 24.2. The smallest absolute Gasteiger partial charge is 0.197 e. The first-order valence-electron chi connectivity index (χ1n) is 14.2. The number of hydrogen-bond acceptors (Lipinski definition) is 8. The Morgan fingerprint density at radius 3 is 2.60 bits per heavy atom. The van der Waals surface area contributed by atoms with Gasteiger partial charge in [0.15, 0.2) is 5.78 Å². The number of hydrogen-bond donors (Lipinski definition) is 0. The predicted octanol–water partition coefficient (Wildman–Crippen LogP) is 4.83. The number of furan rings is 1. The van der Waals surface area contributed by atoms with Crippen LogP contribution in [0.4, 0.5) is 0 Å². The molecule has 0 amide bonds. The summed E-state index contributed by atoms with van der Waals surface area (Å²) in [6.07, 6.45) is 1.67. The third-order valence-electron chi connectivity index (χ3n) is 7.80. The van der Waals surface area contributed by atoms with Crippen LogP contribution in [0.25, 0.3) is 11.0 Å². The van der Waals surface area contributed by atoms with Gasteiger partial charge in [0.1, 0.15) is 41.7 Å². The molecular formula is C34H34N2O6. The number of carbonyl (C=O) groups excluding carboxylic acids is 1. The summed E-state index contributed by atoms with van der Waals surface area (Å²) < 4.78 is 28.6. The highest BCUT2D eigenvalue weighted by atomic mass is 16.5. The maximum absolute atomic E-state index is 13.7. The van der Waals surface area contributed by atoms with Crippen LogP contribution in [-0.4, -0.2) is 75.4 Å². The summed E-state index contributed by atoms with van der Waals surface area (Å²) >= 11 is 0. The van der Waals surface area contributed by atoms with E-state index >= 15 is 0 Å². The average Bonchev–Trinajstić information content (AvgIpc) is 3.40. The van der Waals surface area contributed by atoms with E-state index in [1.54, 1.807) is 25.4 Å². The molecule has 4 aromatic rings. The molecule has 0 atom stereocenters. The molecule has 8 nitrogen and oxygen atoms in total. The number of carbonyl (C=O) groups is 1. The van der Waals surface area contributed by atoms with Gasteiger partial charge in [0.05, 0.1) is 25.4 Å². The number of nitrogens with zero attached hydrogens (tertiary/aromatic N) is 2. The highest BCUT2D eigenvalue weighted by Gasteiger charge is 2.41. The van der Waals surface area contributed by atoms with Gasteiger partial charge in [-0.2, -0.15) is 0 Å². The van der Waals surface area contributed by atoms with E-state index in [9.17, 15) is 4.79 Å². The first-order valence-corrected chi connectivity index (χ1v) is 14.2. The second-order valence-electron chi connectivity index (χ2n) is 10.9. The number of rotatable bonds is 8. The fourth-order valence-electron chi connectivity index (χ4n) is 5.49. The van der Waals surface area contributed by atoms with Gasteiger partial charge in [-0.1, -0.05) is 5.92 Å². The van der Waals surface area contributed by atoms with E-state index in [-0.39, 0.29) is 5.78 Å². The predicted molar refractivity (Wildman–Crippen MR) is 159 cm³/mol. The summed E-state index contributed by atoms with van der Waals surface area (Å²) in [5.41, 5.74) is 3.66. The van der Waals surface area contributed by atoms with Crippen molar-refractivity contribution in [1.82, 2.24) is 9.88 Å². The fraction of sp³-hybridized carbons (Fsp3) is 0.353. The van der Waals surface area contributed by atoms with Crippen LogP contribution in [0.1, 0.15) is 52.3 Å². The molecule has 0 N–H and O–H groups in total. The van der Waals surface area contributed by atoms with E-state index in [0.29, 0.717) is 53.7 Å². The molecule has 216 valence electrons. The third-order valence-corrected chi connectivity index (χ3v) is 7.80. The minimum atomic E-state index is -0.528. The monoisotopic (exact) mass is 566 g/mol. The molecule has 1 saturated heterocycles. The van der Waals surface area contributed by atoms with Gasteiger partial charge >= 0.3 is 0 Å². The molecule has 42 heavy (non-hydrogen) atoms. The minimum Gasteiger partial charge on any atom is -0.492 e. The number of benzene rings is 2. The Hall–Kier alpha value is -4.16. The molecule has 1 aliphatic carbocycles. The zero-order valence-corrected chi connectivity index (χ0v) is 24.2. The van der Waals surface area contributed by atoms with Crippen molar-refractivity contribution in [2.75, 3.05) is 59.8 Å². The van der Waals surface area contributed by atoms with Crippen molar-refractivity contribution in [3.8, 4) is 23.3 Å². The number of fused-ring (bicyclic) bond motifs is 4. The van der Waals surface area contributed by atoms with Crippen LogP contribution in [0.3, 0.4) is 0 Å². The molecule has 2 aliphatic rings. The van der Waals surface area contributed by atoms with Crippen LogP contribution in [-0.2, 0) is 14.9 Å². The van der Waals surface area contributed by atoms with Crippen LogP contribution < -0.4 is 9.47 Å². The summed E-state index contributed by atoms with van der Waals surface area (Å²) in [5, 5.41) is 0.789. The summed E-state index contributed by atoms with van der Waals surface area (Å²) in [5.74, 6) is 8.32. The Labute approximate surface area is 245 Å². The topological polar surface area (TPSA) is 83.3 Å². The van der Waals surface area contributed by atoms with Gasteiger partial charge in [0, 0.05) is 60.9 Å². The van der Waals surface area contributed by atoms with Gasteiger partial charge in [-0.25, -0.2) is 4.98 Å². The summed E-state index contributed by atoms with van der Waals surface area (Å²) in [4.78, 5) is 20.4. The molecule has 8 heteroatoms. The first-order chi connectivity index (χ1) is 20.4. The number of ether oxygens (including phenoxy) is 4. The molecule has 0 spiro atoms. The minimum absolute atomic E-state index is 0.0359. The van der Waals surface area contributed by atoms with Crippen molar-refractivity contribution in [2.45, 2.75) is 19.3 Å². The number of methoxy groups -OCH3 is 1. The normalized spacial score (nSPS) is 15.9. The van der Waals surface area contributed by atoms with Crippen molar-refractivity contribution >= 4 is 16.8 Å². The van der Waals surface area contributed by atoms with E-state index in [0.717, 1.165) is 55.1 Å². The van der Waals surface area contributed by atoms with Crippen LogP contribution in [0.15, 0.2) is 59.1 Å². The van der Waals surface area contributed by atoms with Gasteiger partial charge in [0.2, 0.25) is 0 Å². The standard InChI is InChI=1S/C34H34N2O6/c1-34(2)29-22-25(40-17-14-36-12-15-39-16-13-36)7-9-27(29)32(37)31-28-8-5-23(20-30(28)42-33(31)34)4-6-24-21-26(10-11-35-24)41-19-18-38-3/h5,7-11,20-22H,12-19H2,1-3H3. The van der Waals surface area contributed by atoms with E-state index in [1.807, 2.05) is 36.4 Å². The lowest BCUT2D eigenvalue weighted by Gasteiger charge is -2.31. The quantitative estimate of drug-likeness (QED) is 0.222. The molecule has 2 aromatic carbocycles. The van der Waals surface area contributed by atoms with Crippen molar-refractivity contribution < 1.29 is 28.2 Å². The molecule has 3 heterocycles. The van der Waals surface area contributed by atoms with Gasteiger partial charge in [-0.05, 0) is 67.8 Å². The Balaban J connectivity index is 1.23. The molecule has 0 bridgehead atoms. The first kappa shape index (κ1) is 28.0. The molecule has 0 saturated carbocycles. The molecule has 2 aromatic heterocycles. The van der Waals surface area contributed by atoms with Crippen LogP contribution in [0, 0.1) is 11.8 Å². The zero-order chi connectivity index (χ0) is 29.1. The average molecular weight is 567 g/mol. The summed E-state index contributed by atoms with van der Waals surface area (Å²) in [7, 11) is 1.63. The van der Waals surface area contributed by atoms with Gasteiger partial charge in [-0.3, -0.25) is 9.69 Å². The second-order valence-corrected chi connectivity index (χ2v) is 10.9. The van der Waals surface area contributed by atoms with E-state index in [4.69, 9.17) is 23.4 Å². The maximum atomic E-state index is 13.7. The van der Waals surface area contributed by atoms with Crippen molar-refractivity contribution in [2.24, 2.45) is 0 Å². The second kappa shape index (κ2) is 12.0. The van der Waals surface area contributed by atoms with Gasteiger partial charge in [-0.15, -0.1) is 0 Å². The fourth-order valence-corrected chi connectivity index (χ4v) is 5.49. The number of pyridine rings is 1. The number of ketones is 1. The highest BCUT2D eigenvalue weighted by molar-refractivity contribution is 6.19. The van der Waals surface area contributed by atoms with E-state index in [1.165, 1.54) is 0 Å². The molecule has 1 aliphatic heterocycles.